The van der Waals surface area contributed by atoms with E-state index in [0.29, 0.717) is 5.92 Å². The van der Waals surface area contributed by atoms with Crippen LogP contribution in [0.15, 0.2) is 24.5 Å². The number of aromatic nitrogens is 1. The molecular formula is C15H23N3O2. The third-order valence-corrected chi connectivity index (χ3v) is 3.99. The van der Waals surface area contributed by atoms with Crippen LogP contribution in [-0.2, 0) is 0 Å². The first-order valence-electron chi connectivity index (χ1n) is 7.27. The second-order valence-electron chi connectivity index (χ2n) is 5.52. The van der Waals surface area contributed by atoms with Crippen LogP contribution in [0.4, 0.5) is 4.79 Å². The number of hydrogen-bond donors (Lipinski definition) is 3. The lowest BCUT2D eigenvalue weighted by atomic mass is 9.87. The molecule has 1 fully saturated rings. The molecule has 110 valence electrons. The Bertz CT molecular complexity index is 416. The van der Waals surface area contributed by atoms with Crippen molar-refractivity contribution >= 4 is 6.03 Å². The minimum absolute atomic E-state index is 0.0354. The molecule has 0 aliphatic heterocycles. The van der Waals surface area contributed by atoms with Crippen LogP contribution in [0.5, 0.6) is 0 Å². The summed E-state index contributed by atoms with van der Waals surface area (Å²) in [7, 11) is 0. The van der Waals surface area contributed by atoms with Crippen molar-refractivity contribution in [1.82, 2.24) is 15.6 Å². The molecule has 1 aromatic heterocycles. The molecule has 0 aromatic carbocycles. The molecule has 2 amide bonds. The van der Waals surface area contributed by atoms with Crippen LogP contribution in [0.1, 0.15) is 44.2 Å². The average molecular weight is 277 g/mol. The van der Waals surface area contributed by atoms with Crippen LogP contribution in [0.3, 0.4) is 0 Å². The summed E-state index contributed by atoms with van der Waals surface area (Å²) in [5.74, 6) is 0.409. The van der Waals surface area contributed by atoms with Crippen molar-refractivity contribution < 1.29 is 9.90 Å². The minimum Gasteiger partial charge on any atom is -0.396 e. The second kappa shape index (κ2) is 7.24. The molecule has 2 rings (SSSR count). The highest BCUT2D eigenvalue weighted by atomic mass is 16.3. The predicted molar refractivity (Wildman–Crippen MR) is 77.2 cm³/mol. The van der Waals surface area contributed by atoms with E-state index >= 15 is 0 Å². The van der Waals surface area contributed by atoms with Crippen molar-refractivity contribution in [3.8, 4) is 0 Å². The number of rotatable bonds is 4. The van der Waals surface area contributed by atoms with E-state index in [2.05, 4.69) is 15.6 Å². The number of carbonyl (C=O) groups excluding carboxylic acids is 1. The fourth-order valence-electron chi connectivity index (χ4n) is 2.65. The van der Waals surface area contributed by atoms with E-state index < -0.39 is 0 Å². The molecule has 1 aromatic rings. The van der Waals surface area contributed by atoms with E-state index in [9.17, 15) is 4.79 Å². The molecule has 0 spiro atoms. The summed E-state index contributed by atoms with van der Waals surface area (Å²) in [6, 6.07) is 3.87. The zero-order chi connectivity index (χ0) is 14.4. The number of hydrogen-bond acceptors (Lipinski definition) is 3. The van der Waals surface area contributed by atoms with Gasteiger partial charge in [-0.15, -0.1) is 0 Å². The Kier molecular flexibility index (Phi) is 5.35. The maximum Gasteiger partial charge on any atom is 0.315 e. The van der Waals surface area contributed by atoms with Crippen molar-refractivity contribution in [1.29, 1.82) is 0 Å². The van der Waals surface area contributed by atoms with Crippen molar-refractivity contribution in [3.63, 3.8) is 0 Å². The molecule has 1 aliphatic rings. The van der Waals surface area contributed by atoms with Crippen molar-refractivity contribution in [2.45, 2.75) is 44.7 Å². The fourth-order valence-corrected chi connectivity index (χ4v) is 2.65. The molecule has 0 bridgehead atoms. The minimum atomic E-state index is -0.123. The highest BCUT2D eigenvalue weighted by Gasteiger charge is 2.22. The van der Waals surface area contributed by atoms with E-state index in [-0.39, 0.29) is 24.7 Å². The van der Waals surface area contributed by atoms with Gasteiger partial charge in [0.25, 0.3) is 0 Å². The van der Waals surface area contributed by atoms with E-state index in [1.165, 1.54) is 0 Å². The fraction of sp³-hybridized carbons (Fsp3) is 0.600. The molecular weight excluding hydrogens is 254 g/mol. The number of pyridine rings is 1. The Balaban J connectivity index is 1.76. The normalized spacial score (nSPS) is 23.9. The van der Waals surface area contributed by atoms with Crippen LogP contribution < -0.4 is 10.6 Å². The molecule has 3 N–H and O–H groups in total. The Labute approximate surface area is 119 Å². The highest BCUT2D eigenvalue weighted by Crippen LogP contribution is 2.23. The van der Waals surface area contributed by atoms with Crippen LogP contribution >= 0.6 is 0 Å². The molecule has 0 radical (unpaired) electrons. The van der Waals surface area contributed by atoms with E-state index in [1.54, 1.807) is 12.4 Å². The zero-order valence-corrected chi connectivity index (χ0v) is 11.9. The van der Waals surface area contributed by atoms with Gasteiger partial charge in [0.2, 0.25) is 0 Å². The van der Waals surface area contributed by atoms with Gasteiger partial charge in [-0.2, -0.15) is 0 Å². The van der Waals surface area contributed by atoms with Gasteiger partial charge in [-0.05, 0) is 56.2 Å². The van der Waals surface area contributed by atoms with Gasteiger partial charge in [0.15, 0.2) is 0 Å². The highest BCUT2D eigenvalue weighted by molar-refractivity contribution is 5.74. The summed E-state index contributed by atoms with van der Waals surface area (Å²) in [5, 5.41) is 15.1. The SMILES string of the molecule is CC(NC(=O)NC1CCC(CO)CC1)c1ccncc1. The van der Waals surface area contributed by atoms with Gasteiger partial charge in [0.1, 0.15) is 0 Å². The largest absolute Gasteiger partial charge is 0.396 e. The summed E-state index contributed by atoms with van der Waals surface area (Å²) < 4.78 is 0. The van der Waals surface area contributed by atoms with Crippen molar-refractivity contribution in [3.05, 3.63) is 30.1 Å². The first-order chi connectivity index (χ1) is 9.69. The molecule has 5 nitrogen and oxygen atoms in total. The second-order valence-corrected chi connectivity index (χ2v) is 5.52. The zero-order valence-electron chi connectivity index (χ0n) is 11.9. The number of aliphatic hydroxyl groups is 1. The summed E-state index contributed by atoms with van der Waals surface area (Å²) in [4.78, 5) is 15.9. The summed E-state index contributed by atoms with van der Waals surface area (Å²) in [6.07, 6.45) is 7.32. The smallest absolute Gasteiger partial charge is 0.315 e. The first-order valence-corrected chi connectivity index (χ1v) is 7.27. The molecule has 1 atom stereocenters. The molecule has 1 unspecified atom stereocenters. The number of nitrogens with one attached hydrogen (secondary N) is 2. The quantitative estimate of drug-likeness (QED) is 0.788. The van der Waals surface area contributed by atoms with Crippen LogP contribution in [-0.4, -0.2) is 28.8 Å². The van der Waals surface area contributed by atoms with Gasteiger partial charge < -0.3 is 15.7 Å². The molecule has 1 aliphatic carbocycles. The van der Waals surface area contributed by atoms with Crippen molar-refractivity contribution in [2.75, 3.05) is 6.61 Å². The average Bonchev–Trinajstić information content (AvgIpc) is 2.49. The van der Waals surface area contributed by atoms with E-state index in [0.717, 1.165) is 31.2 Å². The molecule has 20 heavy (non-hydrogen) atoms. The van der Waals surface area contributed by atoms with Crippen molar-refractivity contribution in [2.24, 2.45) is 5.92 Å². The predicted octanol–water partition coefficient (Wildman–Crippen LogP) is 1.99. The monoisotopic (exact) mass is 277 g/mol. The van der Waals surface area contributed by atoms with E-state index in [4.69, 9.17) is 5.11 Å². The van der Waals surface area contributed by atoms with Gasteiger partial charge in [-0.3, -0.25) is 4.98 Å². The van der Waals surface area contributed by atoms with Crippen LogP contribution in [0.2, 0.25) is 0 Å². The standard InChI is InChI=1S/C15H23N3O2/c1-11(13-6-8-16-9-7-13)17-15(20)18-14-4-2-12(10-19)3-5-14/h6-9,11-12,14,19H,2-5,10H2,1H3,(H2,17,18,20). The van der Waals surface area contributed by atoms with Gasteiger partial charge in [0, 0.05) is 25.0 Å². The van der Waals surface area contributed by atoms with Crippen LogP contribution in [0, 0.1) is 5.92 Å². The Morgan fingerprint density at radius 3 is 2.60 bits per heavy atom. The summed E-state index contributed by atoms with van der Waals surface area (Å²) in [6.45, 7) is 2.22. The lowest BCUT2D eigenvalue weighted by Crippen LogP contribution is -2.44. The molecule has 1 heterocycles. The first kappa shape index (κ1) is 14.8. The van der Waals surface area contributed by atoms with Crippen LogP contribution in [0.25, 0.3) is 0 Å². The molecule has 0 saturated heterocycles. The van der Waals surface area contributed by atoms with Gasteiger partial charge in [-0.25, -0.2) is 4.79 Å². The van der Waals surface area contributed by atoms with E-state index in [1.807, 2.05) is 19.1 Å². The van der Waals surface area contributed by atoms with Gasteiger partial charge in [-0.1, -0.05) is 0 Å². The molecule has 5 heteroatoms. The maximum absolute atomic E-state index is 12.0. The number of aliphatic hydroxyl groups excluding tert-OH is 1. The third kappa shape index (κ3) is 4.20. The van der Waals surface area contributed by atoms with Gasteiger partial charge >= 0.3 is 6.03 Å². The Morgan fingerprint density at radius 2 is 2.00 bits per heavy atom. The summed E-state index contributed by atoms with van der Waals surface area (Å²) >= 11 is 0. The number of amides is 2. The summed E-state index contributed by atoms with van der Waals surface area (Å²) in [5.41, 5.74) is 1.04. The lowest BCUT2D eigenvalue weighted by Gasteiger charge is -2.28. The third-order valence-electron chi connectivity index (χ3n) is 3.99. The number of urea groups is 1. The Hall–Kier alpha value is -1.62. The molecule has 1 saturated carbocycles. The number of nitrogens with zero attached hydrogens (tertiary/aromatic N) is 1. The van der Waals surface area contributed by atoms with Gasteiger partial charge in [0.05, 0.1) is 6.04 Å². The number of carbonyl (C=O) groups is 1. The maximum atomic E-state index is 12.0. The lowest BCUT2D eigenvalue weighted by molar-refractivity contribution is 0.174. The Morgan fingerprint density at radius 1 is 1.35 bits per heavy atom. The topological polar surface area (TPSA) is 74.2 Å².